The molecular weight excluding hydrogens is 108 g/mol. The zero-order chi connectivity index (χ0) is 4.28. The molecule has 0 aromatic heterocycles. The fourth-order valence-corrected chi connectivity index (χ4v) is 0. The molecule has 6 heavy (non-hydrogen) atoms. The van der Waals surface area contributed by atoms with E-state index in [9.17, 15) is 0 Å². The van der Waals surface area contributed by atoms with Crippen LogP contribution in [-0.2, 0) is 15.5 Å². The normalized spacial score (nSPS) is 12.3. The zero-order valence-corrected chi connectivity index (χ0v) is 3.95. The van der Waals surface area contributed by atoms with Gasteiger partial charge in [-0.3, -0.25) is 0 Å². The van der Waals surface area contributed by atoms with Crippen LogP contribution in [0.3, 0.4) is 0 Å². The standard InChI is InChI=1S/CH4O3S.H2O/c1-4-5(2)3;/h1H3,(H,2,3);1H2/p-1. The molecule has 1 atom stereocenters. The monoisotopic (exact) mass is 113 g/mol. The first-order valence-electron chi connectivity index (χ1n) is 0.908. The van der Waals surface area contributed by atoms with Crippen LogP contribution >= 0.6 is 0 Å². The Morgan fingerprint density at radius 1 is 1.83 bits per heavy atom. The molecule has 0 aromatic carbocycles. The molecule has 0 rings (SSSR count). The number of hydrogen-bond donors (Lipinski definition) is 0. The molecular formula is CH5O4S-. The highest BCUT2D eigenvalue weighted by Gasteiger charge is 1.59. The Morgan fingerprint density at radius 3 is 2.00 bits per heavy atom. The maximum absolute atomic E-state index is 9.15. The van der Waals surface area contributed by atoms with Crippen molar-refractivity contribution in [2.45, 2.75) is 0 Å². The molecule has 0 aromatic rings. The lowest BCUT2D eigenvalue weighted by Crippen LogP contribution is -1.85. The van der Waals surface area contributed by atoms with Crippen LogP contribution in [0.2, 0.25) is 0 Å². The van der Waals surface area contributed by atoms with Crippen LogP contribution in [0.25, 0.3) is 0 Å². The Hall–Kier alpha value is 0.0300. The highest BCUT2D eigenvalue weighted by Crippen LogP contribution is 1.63. The Balaban J connectivity index is 0. The van der Waals surface area contributed by atoms with E-state index in [-0.39, 0.29) is 5.48 Å². The average molecular weight is 113 g/mol. The quantitative estimate of drug-likeness (QED) is 0.392. The molecule has 0 aliphatic carbocycles. The van der Waals surface area contributed by atoms with Gasteiger partial charge in [-0.05, 0) is 0 Å². The van der Waals surface area contributed by atoms with Gasteiger partial charge in [0.05, 0.1) is 18.5 Å². The third kappa shape index (κ3) is 8.98. The molecule has 0 bridgehead atoms. The molecule has 0 aliphatic rings. The minimum absolute atomic E-state index is 0. The number of rotatable bonds is 1. The van der Waals surface area contributed by atoms with Crippen LogP contribution in [0.1, 0.15) is 0 Å². The van der Waals surface area contributed by atoms with Crippen molar-refractivity contribution < 1.29 is 18.4 Å². The van der Waals surface area contributed by atoms with Crippen molar-refractivity contribution >= 4 is 11.4 Å². The van der Waals surface area contributed by atoms with E-state index in [1.807, 2.05) is 0 Å². The molecule has 5 heteroatoms. The van der Waals surface area contributed by atoms with Gasteiger partial charge in [-0.1, -0.05) is 0 Å². The molecule has 0 fully saturated rings. The van der Waals surface area contributed by atoms with Crippen LogP contribution in [0.4, 0.5) is 0 Å². The summed E-state index contributed by atoms with van der Waals surface area (Å²) in [5.41, 5.74) is 0. The lowest BCUT2D eigenvalue weighted by Gasteiger charge is -1.94. The fourth-order valence-electron chi connectivity index (χ4n) is 0. The van der Waals surface area contributed by atoms with Crippen LogP contribution < -0.4 is 0 Å². The maximum atomic E-state index is 9.15. The van der Waals surface area contributed by atoms with E-state index in [0.29, 0.717) is 0 Å². The summed E-state index contributed by atoms with van der Waals surface area (Å²) in [6.07, 6.45) is 0. The number of hydrogen-bond acceptors (Lipinski definition) is 3. The lowest BCUT2D eigenvalue weighted by molar-refractivity contribution is 0.368. The van der Waals surface area contributed by atoms with E-state index in [1.54, 1.807) is 0 Å². The van der Waals surface area contributed by atoms with Crippen molar-refractivity contribution in [1.82, 2.24) is 0 Å². The Bertz CT molecular complexity index is 42.8. The maximum Gasteiger partial charge on any atom is 0.0839 e. The smallest absolute Gasteiger partial charge is 0.0839 e. The van der Waals surface area contributed by atoms with Gasteiger partial charge in [0.25, 0.3) is 0 Å². The zero-order valence-electron chi connectivity index (χ0n) is 3.13. The van der Waals surface area contributed by atoms with Crippen molar-refractivity contribution in [2.24, 2.45) is 0 Å². The fraction of sp³-hybridized carbons (Fsp3) is 1.00. The van der Waals surface area contributed by atoms with E-state index in [4.69, 9.17) is 8.76 Å². The lowest BCUT2D eigenvalue weighted by atomic mass is 11.8. The van der Waals surface area contributed by atoms with Gasteiger partial charge in [-0.2, -0.15) is 0 Å². The van der Waals surface area contributed by atoms with E-state index in [2.05, 4.69) is 4.18 Å². The summed E-state index contributed by atoms with van der Waals surface area (Å²) < 4.78 is 22.0. The second-order valence-electron chi connectivity index (χ2n) is 0.371. The SMILES string of the molecule is COS(=O)[O-].O. The van der Waals surface area contributed by atoms with Crippen LogP contribution in [0.5, 0.6) is 0 Å². The van der Waals surface area contributed by atoms with Gasteiger partial charge >= 0.3 is 0 Å². The van der Waals surface area contributed by atoms with Crippen molar-refractivity contribution in [3.05, 3.63) is 0 Å². The van der Waals surface area contributed by atoms with Gasteiger partial charge in [-0.25, -0.2) is 4.21 Å². The minimum Gasteiger partial charge on any atom is -0.750 e. The highest BCUT2D eigenvalue weighted by atomic mass is 32.2. The van der Waals surface area contributed by atoms with Gasteiger partial charge in [0.2, 0.25) is 0 Å². The predicted octanol–water partition coefficient (Wildman–Crippen LogP) is -1.40. The van der Waals surface area contributed by atoms with Crippen molar-refractivity contribution in [2.75, 3.05) is 7.11 Å². The van der Waals surface area contributed by atoms with Gasteiger partial charge in [-0.15, -0.1) is 0 Å². The van der Waals surface area contributed by atoms with E-state index in [1.165, 1.54) is 0 Å². The Morgan fingerprint density at radius 2 is 2.00 bits per heavy atom. The molecule has 0 amide bonds. The van der Waals surface area contributed by atoms with Crippen LogP contribution in [0, 0.1) is 0 Å². The first-order valence-corrected chi connectivity index (χ1v) is 1.91. The Labute approximate surface area is 37.9 Å². The molecule has 1 unspecified atom stereocenters. The highest BCUT2D eigenvalue weighted by molar-refractivity contribution is 7.74. The summed E-state index contributed by atoms with van der Waals surface area (Å²) in [5, 5.41) is 0. The third-order valence-corrected chi connectivity index (χ3v) is 0.408. The first kappa shape index (κ1) is 9.39. The van der Waals surface area contributed by atoms with Gasteiger partial charge in [0, 0.05) is 0 Å². The van der Waals surface area contributed by atoms with Crippen molar-refractivity contribution in [3.63, 3.8) is 0 Å². The summed E-state index contributed by atoms with van der Waals surface area (Å²) in [5.74, 6) is 0. The molecule has 0 aliphatic heterocycles. The molecule has 2 N–H and O–H groups in total. The summed E-state index contributed by atoms with van der Waals surface area (Å²) in [7, 11) is 1.09. The molecule has 0 radical (unpaired) electrons. The summed E-state index contributed by atoms with van der Waals surface area (Å²) in [6.45, 7) is 0. The molecule has 4 nitrogen and oxygen atoms in total. The third-order valence-electron chi connectivity index (χ3n) is 0.136. The summed E-state index contributed by atoms with van der Waals surface area (Å²) in [4.78, 5) is 0. The van der Waals surface area contributed by atoms with Crippen molar-refractivity contribution in [3.8, 4) is 0 Å². The summed E-state index contributed by atoms with van der Waals surface area (Å²) in [6, 6.07) is 0. The molecule has 0 heterocycles. The van der Waals surface area contributed by atoms with Crippen LogP contribution in [0.15, 0.2) is 0 Å². The average Bonchev–Trinajstić information content (AvgIpc) is 1.38. The van der Waals surface area contributed by atoms with Gasteiger partial charge < -0.3 is 14.2 Å². The van der Waals surface area contributed by atoms with Crippen LogP contribution in [-0.4, -0.2) is 21.3 Å². The van der Waals surface area contributed by atoms with E-state index >= 15 is 0 Å². The van der Waals surface area contributed by atoms with Gasteiger partial charge in [0.15, 0.2) is 0 Å². The second-order valence-corrected chi connectivity index (χ2v) is 1.11. The van der Waals surface area contributed by atoms with Crippen molar-refractivity contribution in [1.29, 1.82) is 0 Å². The van der Waals surface area contributed by atoms with E-state index in [0.717, 1.165) is 7.11 Å². The molecule has 0 saturated heterocycles. The minimum atomic E-state index is -2.32. The first-order chi connectivity index (χ1) is 2.27. The largest absolute Gasteiger partial charge is 0.750 e. The molecule has 40 valence electrons. The van der Waals surface area contributed by atoms with E-state index < -0.39 is 11.4 Å². The summed E-state index contributed by atoms with van der Waals surface area (Å²) >= 11 is -2.32. The van der Waals surface area contributed by atoms with Gasteiger partial charge in [0.1, 0.15) is 0 Å². The Kier molecular flexibility index (Phi) is 7.88. The predicted molar refractivity (Wildman–Crippen MR) is 19.5 cm³/mol. The molecule has 0 spiro atoms. The second kappa shape index (κ2) is 5.03. The topological polar surface area (TPSA) is 80.9 Å². The molecule has 0 saturated carbocycles.